The number of aromatic amines is 1. The standard InChI is InChI=1S/C34H44Br2N6O3/c35-29-20-24(21-30(36)32(29)43)19-26(22-39-15-9-27(10-16-39)40-13-5-2-6-14-40)37-33(44)41-17-11-28(12-18-41)42-23-31(38-34(42)45)25-7-3-1-4-8-25/h1,3-4,7-8,20-21,23,26-28,43H,2,5-6,9-19,22H2,(H,37,44)(H,38,45). The molecule has 3 aromatic rings. The molecular weight excluding hydrogens is 700 g/mol. The summed E-state index contributed by atoms with van der Waals surface area (Å²) in [6.45, 7) is 6.52. The Kier molecular flexibility index (Phi) is 10.7. The van der Waals surface area contributed by atoms with Crippen molar-refractivity contribution in [1.29, 1.82) is 0 Å². The minimum Gasteiger partial charge on any atom is -0.506 e. The number of carbonyl (C=O) groups is 1. The van der Waals surface area contributed by atoms with Crippen molar-refractivity contribution in [3.63, 3.8) is 0 Å². The van der Waals surface area contributed by atoms with Gasteiger partial charge >= 0.3 is 11.7 Å². The number of urea groups is 1. The van der Waals surface area contributed by atoms with Crippen LogP contribution in [0.25, 0.3) is 11.3 Å². The first-order chi connectivity index (χ1) is 21.8. The Bertz CT molecular complexity index is 1470. The first kappa shape index (κ1) is 32.3. The highest BCUT2D eigenvalue weighted by Gasteiger charge is 2.30. The molecule has 2 aromatic carbocycles. The lowest BCUT2D eigenvalue weighted by molar-refractivity contribution is 0.0876. The summed E-state index contributed by atoms with van der Waals surface area (Å²) in [4.78, 5) is 36.5. The maximum Gasteiger partial charge on any atom is 0.326 e. The number of phenols is 1. The number of aromatic nitrogens is 2. The average molecular weight is 745 g/mol. The van der Waals surface area contributed by atoms with E-state index in [9.17, 15) is 14.7 Å². The molecule has 242 valence electrons. The van der Waals surface area contributed by atoms with E-state index in [1.807, 2.05) is 53.6 Å². The van der Waals surface area contributed by atoms with Gasteiger partial charge in [0.05, 0.1) is 14.6 Å². The van der Waals surface area contributed by atoms with Gasteiger partial charge in [-0.2, -0.15) is 0 Å². The number of nitrogens with zero attached hydrogens (tertiary/aromatic N) is 4. The van der Waals surface area contributed by atoms with Crippen LogP contribution in [0.1, 0.15) is 56.6 Å². The van der Waals surface area contributed by atoms with Gasteiger partial charge in [-0.05, 0) is 126 Å². The van der Waals surface area contributed by atoms with Crippen molar-refractivity contribution >= 4 is 37.9 Å². The van der Waals surface area contributed by atoms with Crippen molar-refractivity contribution in [1.82, 2.24) is 29.6 Å². The van der Waals surface area contributed by atoms with E-state index in [1.54, 1.807) is 4.57 Å². The van der Waals surface area contributed by atoms with E-state index in [4.69, 9.17) is 0 Å². The minimum atomic E-state index is -0.105. The molecule has 0 aliphatic carbocycles. The van der Waals surface area contributed by atoms with E-state index < -0.39 is 0 Å². The van der Waals surface area contributed by atoms with Crippen molar-refractivity contribution in [3.05, 3.63) is 73.7 Å². The van der Waals surface area contributed by atoms with Gasteiger partial charge in [-0.15, -0.1) is 0 Å². The third-order valence-corrected chi connectivity index (χ3v) is 11.0. The predicted octanol–water partition coefficient (Wildman–Crippen LogP) is 5.98. The number of imidazole rings is 1. The zero-order valence-corrected chi connectivity index (χ0v) is 28.9. The Balaban J connectivity index is 1.08. The molecule has 1 unspecified atom stereocenters. The molecule has 11 heteroatoms. The molecule has 45 heavy (non-hydrogen) atoms. The third kappa shape index (κ3) is 8.04. The van der Waals surface area contributed by atoms with E-state index in [1.165, 1.54) is 45.2 Å². The molecular formula is C34H44Br2N6O3. The first-order valence-corrected chi connectivity index (χ1v) is 18.0. The van der Waals surface area contributed by atoms with Crippen LogP contribution < -0.4 is 11.0 Å². The molecule has 3 aliphatic heterocycles. The largest absolute Gasteiger partial charge is 0.506 e. The zero-order chi connectivity index (χ0) is 31.3. The van der Waals surface area contributed by atoms with E-state index in [0.717, 1.165) is 49.3 Å². The number of hydrogen-bond acceptors (Lipinski definition) is 5. The molecule has 4 heterocycles. The monoisotopic (exact) mass is 742 g/mol. The normalized spacial score (nSPS) is 19.9. The number of likely N-dealkylation sites (tertiary alicyclic amines) is 3. The smallest absolute Gasteiger partial charge is 0.326 e. The lowest BCUT2D eigenvalue weighted by atomic mass is 9.98. The number of H-pyrrole nitrogens is 1. The Morgan fingerprint density at radius 2 is 1.56 bits per heavy atom. The molecule has 3 fully saturated rings. The zero-order valence-electron chi connectivity index (χ0n) is 25.8. The lowest BCUT2D eigenvalue weighted by Crippen LogP contribution is -2.54. The molecule has 0 bridgehead atoms. The van der Waals surface area contributed by atoms with E-state index in [0.29, 0.717) is 34.5 Å². The van der Waals surface area contributed by atoms with E-state index >= 15 is 0 Å². The van der Waals surface area contributed by atoms with Crippen LogP contribution in [0.3, 0.4) is 0 Å². The van der Waals surface area contributed by atoms with Gasteiger partial charge in [0.2, 0.25) is 0 Å². The van der Waals surface area contributed by atoms with Crippen LogP contribution in [-0.2, 0) is 6.42 Å². The van der Waals surface area contributed by atoms with Gasteiger partial charge in [0.1, 0.15) is 5.75 Å². The second kappa shape index (κ2) is 14.9. The summed E-state index contributed by atoms with van der Waals surface area (Å²) in [6.07, 6.45) is 10.4. The summed E-state index contributed by atoms with van der Waals surface area (Å²) in [5, 5.41) is 13.6. The van der Waals surface area contributed by atoms with Gasteiger partial charge in [0.15, 0.2) is 0 Å². The molecule has 0 radical (unpaired) electrons. The summed E-state index contributed by atoms with van der Waals surface area (Å²) in [5.74, 6) is 0.180. The maximum atomic E-state index is 13.6. The number of nitrogens with one attached hydrogen (secondary N) is 2. The Labute approximate surface area is 282 Å². The van der Waals surface area contributed by atoms with Crippen LogP contribution in [0.4, 0.5) is 4.79 Å². The van der Waals surface area contributed by atoms with Crippen LogP contribution in [0.15, 0.2) is 62.4 Å². The number of piperidine rings is 3. The number of amides is 2. The van der Waals surface area contributed by atoms with Crippen molar-refractivity contribution in [2.24, 2.45) is 0 Å². The van der Waals surface area contributed by atoms with Gasteiger partial charge < -0.3 is 30.1 Å². The van der Waals surface area contributed by atoms with Crippen molar-refractivity contribution in [3.8, 4) is 17.0 Å². The Morgan fingerprint density at radius 1 is 0.911 bits per heavy atom. The average Bonchev–Trinajstić information content (AvgIpc) is 3.46. The van der Waals surface area contributed by atoms with Crippen molar-refractivity contribution in [2.45, 2.75) is 69.5 Å². The highest BCUT2D eigenvalue weighted by molar-refractivity contribution is 9.11. The van der Waals surface area contributed by atoms with Gasteiger partial charge in [-0.3, -0.25) is 4.57 Å². The van der Waals surface area contributed by atoms with Crippen LogP contribution >= 0.6 is 31.9 Å². The number of rotatable bonds is 8. The number of phenolic OH excluding ortho intramolecular Hbond substituents is 1. The fourth-order valence-corrected chi connectivity index (χ4v) is 8.58. The molecule has 2 amide bonds. The minimum absolute atomic E-state index is 0.0510. The second-order valence-corrected chi connectivity index (χ2v) is 14.6. The summed E-state index contributed by atoms with van der Waals surface area (Å²) < 4.78 is 3.07. The van der Waals surface area contributed by atoms with Gasteiger partial charge in [0.25, 0.3) is 0 Å². The number of benzene rings is 2. The highest BCUT2D eigenvalue weighted by atomic mass is 79.9. The molecule has 3 saturated heterocycles. The van der Waals surface area contributed by atoms with Crippen LogP contribution in [0.5, 0.6) is 5.75 Å². The molecule has 6 rings (SSSR count). The maximum absolute atomic E-state index is 13.6. The fraction of sp³-hybridized carbons (Fsp3) is 0.529. The summed E-state index contributed by atoms with van der Waals surface area (Å²) in [6, 6.07) is 14.4. The number of halogens is 2. The third-order valence-electron chi connectivity index (χ3n) is 9.80. The van der Waals surface area contributed by atoms with Gasteiger partial charge in [-0.25, -0.2) is 9.59 Å². The molecule has 1 atom stereocenters. The predicted molar refractivity (Wildman–Crippen MR) is 185 cm³/mol. The molecule has 9 nitrogen and oxygen atoms in total. The SMILES string of the molecule is O=C(NC(Cc1cc(Br)c(O)c(Br)c1)CN1CCC(N2CCCCC2)CC1)N1CCC(n2cc(-c3ccccc3)[nH]c2=O)CC1. The summed E-state index contributed by atoms with van der Waals surface area (Å²) in [7, 11) is 0. The van der Waals surface area contributed by atoms with Gasteiger partial charge in [-0.1, -0.05) is 36.8 Å². The molecule has 3 N–H and O–H groups in total. The van der Waals surface area contributed by atoms with Crippen LogP contribution in [-0.4, -0.2) is 93.3 Å². The molecule has 1 aromatic heterocycles. The topological polar surface area (TPSA) is 96.8 Å². The molecule has 0 saturated carbocycles. The van der Waals surface area contributed by atoms with Crippen LogP contribution in [0.2, 0.25) is 0 Å². The van der Waals surface area contributed by atoms with Crippen molar-refractivity contribution < 1.29 is 9.90 Å². The first-order valence-electron chi connectivity index (χ1n) is 16.4. The number of hydrogen-bond donors (Lipinski definition) is 3. The highest BCUT2D eigenvalue weighted by Crippen LogP contribution is 2.34. The second-order valence-electron chi connectivity index (χ2n) is 12.9. The van der Waals surface area contributed by atoms with Crippen LogP contribution in [0, 0.1) is 0 Å². The number of aromatic hydroxyl groups is 1. The molecule has 3 aliphatic rings. The Hall–Kier alpha value is -2.60. The van der Waals surface area contributed by atoms with Crippen molar-refractivity contribution in [2.75, 3.05) is 45.8 Å². The van der Waals surface area contributed by atoms with Gasteiger partial charge in [0, 0.05) is 44.0 Å². The molecule has 0 spiro atoms. The van der Waals surface area contributed by atoms with E-state index in [2.05, 4.69) is 52.0 Å². The summed E-state index contributed by atoms with van der Waals surface area (Å²) in [5.41, 5.74) is 2.74. The Morgan fingerprint density at radius 3 is 2.22 bits per heavy atom. The summed E-state index contributed by atoms with van der Waals surface area (Å²) >= 11 is 6.94. The van der Waals surface area contributed by atoms with E-state index in [-0.39, 0.29) is 29.6 Å². The fourth-order valence-electron chi connectivity index (χ4n) is 7.30. The lowest BCUT2D eigenvalue weighted by Gasteiger charge is -2.41. The number of carbonyl (C=O) groups excluding carboxylic acids is 1. The quantitative estimate of drug-likeness (QED) is 0.264.